The van der Waals surface area contributed by atoms with Crippen molar-refractivity contribution in [3.8, 4) is 0 Å². The first-order valence-corrected chi connectivity index (χ1v) is 8.78. The van der Waals surface area contributed by atoms with Crippen LogP contribution in [0.25, 0.3) is 5.47 Å². The number of halogens is 3. The molecule has 1 aliphatic rings. The Balaban J connectivity index is 1.98. The molecule has 1 heterocycles. The summed E-state index contributed by atoms with van der Waals surface area (Å²) in [4.78, 5) is 0. The molecule has 3 aromatic carbocycles. The molecule has 0 spiro atoms. The van der Waals surface area contributed by atoms with E-state index in [0.29, 0.717) is 6.61 Å². The molecular formula is C22H18BF3O. The maximum atomic E-state index is 13.6. The highest BCUT2D eigenvalue weighted by atomic mass is 19.1. The Hall–Kier alpha value is -2.79. The van der Waals surface area contributed by atoms with Crippen LogP contribution in [-0.2, 0) is 4.28 Å². The average molecular weight is 366 g/mol. The predicted octanol–water partition coefficient (Wildman–Crippen LogP) is 3.98. The van der Waals surface area contributed by atoms with Crippen molar-refractivity contribution in [2.75, 3.05) is 13.7 Å². The number of rotatable bonds is 3. The highest BCUT2D eigenvalue weighted by Gasteiger charge is 2.48. The molecule has 4 rings (SSSR count). The van der Waals surface area contributed by atoms with E-state index in [9.17, 15) is 13.2 Å². The second kappa shape index (κ2) is 6.74. The van der Waals surface area contributed by atoms with Gasteiger partial charge >= 0.3 is 6.35 Å². The Morgan fingerprint density at radius 2 is 1.07 bits per heavy atom. The van der Waals surface area contributed by atoms with Crippen molar-refractivity contribution in [2.24, 2.45) is 0 Å². The molecule has 5 heteroatoms. The van der Waals surface area contributed by atoms with Gasteiger partial charge in [-0.15, -0.1) is 16.4 Å². The highest BCUT2D eigenvalue weighted by Crippen LogP contribution is 2.35. The maximum Gasteiger partial charge on any atom is 0.377 e. The number of hydrogen-bond acceptors (Lipinski definition) is 0. The van der Waals surface area contributed by atoms with Gasteiger partial charge in [0.1, 0.15) is 24.1 Å². The van der Waals surface area contributed by atoms with Crippen LogP contribution in [0.3, 0.4) is 0 Å². The van der Waals surface area contributed by atoms with Crippen LogP contribution in [0.1, 0.15) is 5.56 Å². The van der Waals surface area contributed by atoms with E-state index in [-0.39, 0.29) is 17.5 Å². The molecular weight excluding hydrogens is 348 g/mol. The first kappa shape index (κ1) is 17.6. The van der Waals surface area contributed by atoms with Crippen molar-refractivity contribution >= 4 is 22.7 Å². The number of benzene rings is 3. The molecule has 1 nitrogen and oxygen atoms in total. The molecule has 0 radical (unpaired) electrons. The minimum atomic E-state index is -1.69. The molecule has 1 aliphatic heterocycles. The molecule has 27 heavy (non-hydrogen) atoms. The van der Waals surface area contributed by atoms with Gasteiger partial charge < -0.3 is 4.28 Å². The van der Waals surface area contributed by atoms with Gasteiger partial charge in [0, 0.05) is 0 Å². The zero-order valence-corrected chi connectivity index (χ0v) is 14.8. The lowest BCUT2D eigenvalue weighted by Crippen LogP contribution is -2.64. The zero-order valence-electron chi connectivity index (χ0n) is 14.8. The smallest absolute Gasteiger partial charge is 0.377 e. The van der Waals surface area contributed by atoms with Crippen molar-refractivity contribution in [3.05, 3.63) is 102 Å². The Bertz CT molecular complexity index is 934. The molecule has 0 N–H and O–H groups in total. The van der Waals surface area contributed by atoms with Crippen LogP contribution in [0, 0.1) is 17.5 Å². The van der Waals surface area contributed by atoms with Crippen molar-refractivity contribution in [1.29, 1.82) is 0 Å². The van der Waals surface area contributed by atoms with Crippen LogP contribution in [-0.4, -0.2) is 20.1 Å². The normalized spacial score (nSPS) is 16.4. The first-order chi connectivity index (χ1) is 13.0. The monoisotopic (exact) mass is 366 g/mol. The summed E-state index contributed by atoms with van der Waals surface area (Å²) in [6.07, 6.45) is 0.386. The molecule has 3 aromatic rings. The quantitative estimate of drug-likeness (QED) is 0.487. The van der Waals surface area contributed by atoms with E-state index in [2.05, 4.69) is 10.4 Å². The summed E-state index contributed by atoms with van der Waals surface area (Å²) in [6, 6.07) is 19.1. The van der Waals surface area contributed by atoms with Crippen LogP contribution in [0.2, 0.25) is 0 Å². The average Bonchev–Trinajstić information content (AvgIpc) is 3.01. The minimum Gasteiger partial charge on any atom is -0.659 e. The Labute approximate surface area is 156 Å². The molecule has 0 saturated carbocycles. The Morgan fingerprint density at radius 1 is 0.667 bits per heavy atom. The van der Waals surface area contributed by atoms with E-state index < -0.39 is 6.35 Å². The highest BCUT2D eigenvalue weighted by molar-refractivity contribution is 7.11. The van der Waals surface area contributed by atoms with E-state index in [4.69, 9.17) is 0 Å². The van der Waals surface area contributed by atoms with Crippen LogP contribution >= 0.6 is 0 Å². The van der Waals surface area contributed by atoms with E-state index in [1.165, 1.54) is 36.4 Å². The van der Waals surface area contributed by atoms with E-state index in [1.54, 1.807) is 36.4 Å². The van der Waals surface area contributed by atoms with Gasteiger partial charge in [0.15, 0.2) is 0 Å². The SMILES string of the molecule is C[O+]1CC=C(c2ccc(F)cc2)[B-]1(c1ccc(F)cc1)c1ccc(F)cc1. The lowest BCUT2D eigenvalue weighted by molar-refractivity contribution is 0.0891. The van der Waals surface area contributed by atoms with Gasteiger partial charge in [0.25, 0.3) is 0 Å². The molecule has 0 unspecified atom stereocenters. The minimum absolute atomic E-state index is 0.306. The lowest BCUT2D eigenvalue weighted by atomic mass is 9.27. The van der Waals surface area contributed by atoms with Crippen LogP contribution in [0.5, 0.6) is 0 Å². The van der Waals surface area contributed by atoms with Crippen molar-refractivity contribution in [1.82, 2.24) is 0 Å². The molecule has 0 amide bonds. The summed E-state index contributed by atoms with van der Waals surface area (Å²) in [5, 5.41) is 0. The van der Waals surface area contributed by atoms with Crippen LogP contribution in [0.15, 0.2) is 78.9 Å². The summed E-state index contributed by atoms with van der Waals surface area (Å²) in [7, 11) is 1.92. The molecule has 0 aliphatic carbocycles. The summed E-state index contributed by atoms with van der Waals surface area (Å²) < 4.78 is 43.8. The molecule has 0 atom stereocenters. The standard InChI is InChI=1S/C22H18BF3O/c1-27-15-14-22(16-2-8-19(24)9-3-16)23(27,17-4-10-20(25)11-5-17)18-6-12-21(26)13-7-18/h2-14H,15H2,1H3. The third-order valence-electron chi connectivity index (χ3n) is 5.46. The van der Waals surface area contributed by atoms with Gasteiger partial charge in [-0.3, -0.25) is 0 Å². The van der Waals surface area contributed by atoms with Gasteiger partial charge in [-0.1, -0.05) is 42.0 Å². The van der Waals surface area contributed by atoms with Crippen LogP contribution < -0.4 is 10.9 Å². The number of hydrogen-bond donors (Lipinski definition) is 0. The second-order valence-electron chi connectivity index (χ2n) is 6.91. The maximum absolute atomic E-state index is 13.6. The molecule has 0 aromatic heterocycles. The van der Waals surface area contributed by atoms with Gasteiger partial charge in [-0.05, 0) is 42.5 Å². The van der Waals surface area contributed by atoms with Gasteiger partial charge in [-0.25, -0.2) is 13.2 Å². The molecule has 0 saturated heterocycles. The van der Waals surface area contributed by atoms with Crippen molar-refractivity contribution in [2.45, 2.75) is 0 Å². The fourth-order valence-corrected chi connectivity index (χ4v) is 4.23. The van der Waals surface area contributed by atoms with Gasteiger partial charge in [-0.2, -0.15) is 0 Å². The topological polar surface area (TPSA) is 2.70 Å². The van der Waals surface area contributed by atoms with E-state index >= 15 is 0 Å². The zero-order chi connectivity index (χ0) is 19.0. The van der Waals surface area contributed by atoms with Crippen molar-refractivity contribution < 1.29 is 17.5 Å². The Morgan fingerprint density at radius 3 is 1.52 bits per heavy atom. The fourth-order valence-electron chi connectivity index (χ4n) is 4.23. The van der Waals surface area contributed by atoms with Crippen molar-refractivity contribution in [3.63, 3.8) is 0 Å². The summed E-state index contributed by atoms with van der Waals surface area (Å²) in [6.45, 7) is 0.599. The lowest BCUT2D eigenvalue weighted by Gasteiger charge is -2.43. The second-order valence-corrected chi connectivity index (χ2v) is 6.91. The largest absolute Gasteiger partial charge is 0.659 e. The fraction of sp³-hybridized carbons (Fsp3) is 0.0909. The molecule has 136 valence electrons. The molecule has 0 fully saturated rings. The van der Waals surface area contributed by atoms with Crippen LogP contribution in [0.4, 0.5) is 13.2 Å². The predicted molar refractivity (Wildman–Crippen MR) is 104 cm³/mol. The summed E-state index contributed by atoms with van der Waals surface area (Å²) >= 11 is 0. The third kappa shape index (κ3) is 2.88. The summed E-state index contributed by atoms with van der Waals surface area (Å²) in [5.41, 5.74) is 3.65. The Kier molecular flexibility index (Phi) is 4.40. The third-order valence-corrected chi connectivity index (χ3v) is 5.46. The molecule has 0 bridgehead atoms. The van der Waals surface area contributed by atoms with E-state index in [1.807, 2.05) is 7.11 Å². The van der Waals surface area contributed by atoms with Gasteiger partial charge in [0.2, 0.25) is 0 Å². The van der Waals surface area contributed by atoms with Gasteiger partial charge in [0.05, 0.1) is 7.11 Å². The summed E-state index contributed by atoms with van der Waals surface area (Å²) in [5.74, 6) is -0.941. The van der Waals surface area contributed by atoms with E-state index in [0.717, 1.165) is 22.0 Å². The first-order valence-electron chi connectivity index (χ1n) is 8.78.